The molecule has 0 aliphatic carbocycles. The van der Waals surface area contributed by atoms with Gasteiger partial charge in [0.2, 0.25) is 11.9 Å². The van der Waals surface area contributed by atoms with E-state index in [9.17, 15) is 4.79 Å². The smallest absolute Gasteiger partial charge is 0.243 e. The van der Waals surface area contributed by atoms with Gasteiger partial charge in [-0.3, -0.25) is 9.63 Å². The van der Waals surface area contributed by atoms with E-state index in [0.717, 1.165) is 16.9 Å². The Kier molecular flexibility index (Phi) is 9.48. The molecule has 3 aromatic rings. The molecule has 0 saturated heterocycles. The number of anilines is 2. The molecule has 0 unspecified atom stereocenters. The van der Waals surface area contributed by atoms with Crippen molar-refractivity contribution in [3.05, 3.63) is 71.4 Å². The van der Waals surface area contributed by atoms with Crippen LogP contribution >= 0.6 is 0 Å². The standard InChI is InChI=1S/C25H31N5O4/c1-2-20-23(24(26)29-25(27)28-20)33-16-8-15-32-21-12-7-6-11-19(21)13-14-22(31)30-34-17-18-9-4-3-5-10-18/h3-7,9-12H,2,8,13-17H2,1H3,(H,30,31)(H4,26,27,28,29). The molecular formula is C25H31N5O4. The fraction of sp³-hybridized carbons (Fsp3) is 0.320. The predicted molar refractivity (Wildman–Crippen MR) is 130 cm³/mol. The number of carbonyl (C=O) groups excluding carboxylic acids is 1. The van der Waals surface area contributed by atoms with Crippen LogP contribution in [0.4, 0.5) is 11.8 Å². The van der Waals surface area contributed by atoms with Gasteiger partial charge in [0.25, 0.3) is 0 Å². The van der Waals surface area contributed by atoms with E-state index < -0.39 is 0 Å². The van der Waals surface area contributed by atoms with E-state index in [1.165, 1.54) is 0 Å². The van der Waals surface area contributed by atoms with Crippen LogP contribution in [0.2, 0.25) is 0 Å². The predicted octanol–water partition coefficient (Wildman–Crippen LogP) is 3.23. The number of amides is 1. The SMILES string of the molecule is CCc1nc(N)nc(N)c1OCCCOc1ccccc1CCC(=O)NOCc1ccccc1. The van der Waals surface area contributed by atoms with E-state index in [-0.39, 0.29) is 24.1 Å². The molecule has 2 aromatic carbocycles. The van der Waals surface area contributed by atoms with Gasteiger partial charge in [0.15, 0.2) is 11.6 Å². The first-order chi connectivity index (χ1) is 16.6. The van der Waals surface area contributed by atoms with E-state index in [1.807, 2.05) is 61.5 Å². The number of nitrogen functional groups attached to an aromatic ring is 2. The molecule has 9 nitrogen and oxygen atoms in total. The summed E-state index contributed by atoms with van der Waals surface area (Å²) in [5.41, 5.74) is 16.7. The maximum absolute atomic E-state index is 12.1. The second-order valence-electron chi connectivity index (χ2n) is 7.55. The summed E-state index contributed by atoms with van der Waals surface area (Å²) in [6, 6.07) is 17.3. The van der Waals surface area contributed by atoms with Crippen molar-refractivity contribution in [2.24, 2.45) is 0 Å². The van der Waals surface area contributed by atoms with Crippen LogP contribution in [-0.2, 0) is 29.1 Å². The number of nitrogens with two attached hydrogens (primary N) is 2. The number of aromatic nitrogens is 2. The minimum absolute atomic E-state index is 0.137. The van der Waals surface area contributed by atoms with Crippen LogP contribution < -0.4 is 26.4 Å². The van der Waals surface area contributed by atoms with Crippen molar-refractivity contribution in [3.63, 3.8) is 0 Å². The number of nitrogens with one attached hydrogen (secondary N) is 1. The number of carbonyl (C=O) groups is 1. The van der Waals surface area contributed by atoms with E-state index in [1.54, 1.807) is 0 Å². The maximum Gasteiger partial charge on any atom is 0.243 e. The fourth-order valence-corrected chi connectivity index (χ4v) is 3.27. The largest absolute Gasteiger partial charge is 0.493 e. The third-order valence-electron chi connectivity index (χ3n) is 4.97. The number of ether oxygens (including phenoxy) is 2. The van der Waals surface area contributed by atoms with Gasteiger partial charge in [-0.25, -0.2) is 10.5 Å². The number of hydroxylamine groups is 1. The number of rotatable bonds is 13. The molecule has 180 valence electrons. The maximum atomic E-state index is 12.1. The highest BCUT2D eigenvalue weighted by Crippen LogP contribution is 2.25. The Morgan fingerprint density at radius 1 is 0.971 bits per heavy atom. The average Bonchev–Trinajstić information content (AvgIpc) is 2.84. The van der Waals surface area contributed by atoms with Gasteiger partial charge in [0, 0.05) is 12.8 Å². The Bertz CT molecular complexity index is 1060. The van der Waals surface area contributed by atoms with Crippen LogP contribution in [0.25, 0.3) is 0 Å². The third-order valence-corrected chi connectivity index (χ3v) is 4.97. The van der Waals surface area contributed by atoms with Gasteiger partial charge in [-0.15, -0.1) is 0 Å². The lowest BCUT2D eigenvalue weighted by atomic mass is 10.1. The average molecular weight is 466 g/mol. The van der Waals surface area contributed by atoms with Crippen molar-refractivity contribution >= 4 is 17.7 Å². The summed E-state index contributed by atoms with van der Waals surface area (Å²) in [4.78, 5) is 25.5. The summed E-state index contributed by atoms with van der Waals surface area (Å²) in [5, 5.41) is 0. The molecule has 0 aliphatic heterocycles. The van der Waals surface area contributed by atoms with Crippen molar-refractivity contribution in [3.8, 4) is 11.5 Å². The van der Waals surface area contributed by atoms with E-state index in [2.05, 4.69) is 15.4 Å². The molecule has 0 fully saturated rings. The number of hydrogen-bond acceptors (Lipinski definition) is 8. The van der Waals surface area contributed by atoms with Crippen molar-refractivity contribution < 1.29 is 19.1 Å². The highest BCUT2D eigenvalue weighted by atomic mass is 16.6. The van der Waals surface area contributed by atoms with Crippen molar-refractivity contribution in [2.45, 2.75) is 39.2 Å². The van der Waals surface area contributed by atoms with E-state index >= 15 is 0 Å². The lowest BCUT2D eigenvalue weighted by Crippen LogP contribution is -2.23. The number of benzene rings is 2. The zero-order chi connectivity index (χ0) is 24.2. The third kappa shape index (κ3) is 7.63. The van der Waals surface area contributed by atoms with Gasteiger partial charge in [0.1, 0.15) is 5.75 Å². The normalized spacial score (nSPS) is 10.6. The van der Waals surface area contributed by atoms with Crippen molar-refractivity contribution in [1.82, 2.24) is 15.4 Å². The van der Waals surface area contributed by atoms with E-state index in [0.29, 0.717) is 50.5 Å². The van der Waals surface area contributed by atoms with Crippen LogP contribution in [0.3, 0.4) is 0 Å². The molecule has 1 aromatic heterocycles. The molecule has 0 atom stereocenters. The summed E-state index contributed by atoms with van der Waals surface area (Å²) < 4.78 is 11.7. The molecule has 0 radical (unpaired) electrons. The molecule has 0 bridgehead atoms. The Hall–Kier alpha value is -3.85. The lowest BCUT2D eigenvalue weighted by Gasteiger charge is -2.14. The fourth-order valence-electron chi connectivity index (χ4n) is 3.27. The van der Waals surface area contributed by atoms with Crippen molar-refractivity contribution in [2.75, 3.05) is 24.7 Å². The first-order valence-electron chi connectivity index (χ1n) is 11.3. The number of hydrogen-bond donors (Lipinski definition) is 3. The number of para-hydroxylation sites is 1. The lowest BCUT2D eigenvalue weighted by molar-refractivity contribution is -0.134. The van der Waals surface area contributed by atoms with Gasteiger partial charge < -0.3 is 20.9 Å². The summed E-state index contributed by atoms with van der Waals surface area (Å²) >= 11 is 0. The Morgan fingerprint density at radius 3 is 2.50 bits per heavy atom. The summed E-state index contributed by atoms with van der Waals surface area (Å²) in [6.45, 7) is 3.11. The van der Waals surface area contributed by atoms with Gasteiger partial charge in [-0.2, -0.15) is 4.98 Å². The molecule has 9 heteroatoms. The zero-order valence-corrected chi connectivity index (χ0v) is 19.3. The van der Waals surface area contributed by atoms with Crippen LogP contribution in [0.5, 0.6) is 11.5 Å². The molecule has 1 amide bonds. The van der Waals surface area contributed by atoms with Crippen LogP contribution in [0, 0.1) is 0 Å². The highest BCUT2D eigenvalue weighted by molar-refractivity contribution is 5.75. The molecule has 34 heavy (non-hydrogen) atoms. The Morgan fingerprint density at radius 2 is 1.71 bits per heavy atom. The summed E-state index contributed by atoms with van der Waals surface area (Å²) in [7, 11) is 0. The van der Waals surface area contributed by atoms with Gasteiger partial charge >= 0.3 is 0 Å². The monoisotopic (exact) mass is 465 g/mol. The zero-order valence-electron chi connectivity index (χ0n) is 19.3. The molecule has 0 spiro atoms. The number of aryl methyl sites for hydroxylation is 2. The summed E-state index contributed by atoms with van der Waals surface area (Å²) in [5.74, 6) is 1.40. The van der Waals surface area contributed by atoms with Crippen LogP contribution in [-0.4, -0.2) is 29.1 Å². The molecule has 3 rings (SSSR count). The van der Waals surface area contributed by atoms with Crippen molar-refractivity contribution in [1.29, 1.82) is 0 Å². The Labute approximate surface area is 199 Å². The number of nitrogens with zero attached hydrogens (tertiary/aromatic N) is 2. The van der Waals surface area contributed by atoms with Gasteiger partial charge in [0.05, 0.1) is 25.5 Å². The second-order valence-corrected chi connectivity index (χ2v) is 7.55. The molecule has 5 N–H and O–H groups in total. The first-order valence-corrected chi connectivity index (χ1v) is 11.3. The quantitative estimate of drug-likeness (QED) is 0.259. The highest BCUT2D eigenvalue weighted by Gasteiger charge is 2.12. The first kappa shape index (κ1) is 24.8. The molecular weight excluding hydrogens is 434 g/mol. The Balaban J connectivity index is 1.40. The molecule has 0 aliphatic rings. The van der Waals surface area contributed by atoms with E-state index in [4.69, 9.17) is 25.8 Å². The van der Waals surface area contributed by atoms with Gasteiger partial charge in [-0.05, 0) is 30.0 Å². The van der Waals surface area contributed by atoms with Crippen LogP contribution in [0.1, 0.15) is 36.6 Å². The van der Waals surface area contributed by atoms with Crippen LogP contribution in [0.15, 0.2) is 54.6 Å². The topological polar surface area (TPSA) is 135 Å². The minimum atomic E-state index is -0.186. The molecule has 0 saturated carbocycles. The summed E-state index contributed by atoms with van der Waals surface area (Å²) in [6.07, 6.45) is 2.09. The van der Waals surface area contributed by atoms with Gasteiger partial charge in [-0.1, -0.05) is 55.5 Å². The molecule has 1 heterocycles. The second kappa shape index (κ2) is 13.0. The minimum Gasteiger partial charge on any atom is -0.493 e.